The van der Waals surface area contributed by atoms with Gasteiger partial charge in [-0.2, -0.15) is 4.31 Å². The summed E-state index contributed by atoms with van der Waals surface area (Å²) in [6.07, 6.45) is 1.15. The third-order valence-corrected chi connectivity index (χ3v) is 7.06. The predicted octanol–water partition coefficient (Wildman–Crippen LogP) is 2.97. The molecular formula is C19H23ClN2O6S. The molecular weight excluding hydrogens is 420 g/mol. The van der Waals surface area contributed by atoms with Gasteiger partial charge in [0.1, 0.15) is 29.6 Å². The fourth-order valence-electron chi connectivity index (χ4n) is 3.28. The zero-order valence-electron chi connectivity index (χ0n) is 16.3. The molecule has 1 atom stereocenters. The van der Waals surface area contributed by atoms with Gasteiger partial charge >= 0.3 is 5.97 Å². The van der Waals surface area contributed by atoms with Gasteiger partial charge in [0, 0.05) is 18.1 Å². The number of hydrogen-bond acceptors (Lipinski definition) is 7. The van der Waals surface area contributed by atoms with Crippen molar-refractivity contribution >= 4 is 27.6 Å². The molecule has 10 heteroatoms. The summed E-state index contributed by atoms with van der Waals surface area (Å²) >= 11 is 5.81. The number of carbonyl (C=O) groups is 1. The molecule has 1 unspecified atom stereocenters. The number of nitrogens with zero attached hydrogens (tertiary/aromatic N) is 2. The molecule has 0 N–H and O–H groups in total. The highest BCUT2D eigenvalue weighted by Gasteiger charge is 2.37. The summed E-state index contributed by atoms with van der Waals surface area (Å²) in [5.41, 5.74) is 0.312. The second-order valence-corrected chi connectivity index (χ2v) is 9.14. The van der Waals surface area contributed by atoms with E-state index in [0.29, 0.717) is 35.9 Å². The van der Waals surface area contributed by atoms with E-state index in [9.17, 15) is 13.2 Å². The minimum Gasteiger partial charge on any atom is -0.490 e. The van der Waals surface area contributed by atoms with Crippen LogP contribution in [0.1, 0.15) is 24.3 Å². The number of esters is 1. The summed E-state index contributed by atoms with van der Waals surface area (Å²) in [5, 5.41) is 4.33. The molecule has 1 aromatic carbocycles. The summed E-state index contributed by atoms with van der Waals surface area (Å²) in [7, 11) is -3.78. The van der Waals surface area contributed by atoms with Crippen LogP contribution in [0.2, 0.25) is 5.02 Å². The van der Waals surface area contributed by atoms with Crippen LogP contribution in [0.25, 0.3) is 0 Å². The molecule has 1 aromatic heterocycles. The lowest BCUT2D eigenvalue weighted by Crippen LogP contribution is -2.43. The van der Waals surface area contributed by atoms with Gasteiger partial charge in [0.2, 0.25) is 10.0 Å². The smallest absolute Gasteiger partial charge is 0.310 e. The van der Waals surface area contributed by atoms with E-state index in [1.165, 1.54) is 4.31 Å². The third kappa shape index (κ3) is 5.09. The Morgan fingerprint density at radius 2 is 2.00 bits per heavy atom. The highest BCUT2D eigenvalue weighted by molar-refractivity contribution is 7.89. The molecule has 0 saturated carbocycles. The van der Waals surface area contributed by atoms with E-state index in [1.54, 1.807) is 38.1 Å². The first-order chi connectivity index (χ1) is 13.8. The van der Waals surface area contributed by atoms with E-state index in [2.05, 4.69) is 5.16 Å². The van der Waals surface area contributed by atoms with E-state index in [4.69, 9.17) is 25.6 Å². The van der Waals surface area contributed by atoms with Crippen molar-refractivity contribution in [1.29, 1.82) is 0 Å². The van der Waals surface area contributed by atoms with Crippen LogP contribution in [0, 0.1) is 19.8 Å². The van der Waals surface area contributed by atoms with Crippen LogP contribution in [0.5, 0.6) is 5.75 Å². The number of ether oxygens (including phenoxy) is 2. The van der Waals surface area contributed by atoms with Gasteiger partial charge in [-0.05, 0) is 51.0 Å². The van der Waals surface area contributed by atoms with Gasteiger partial charge in [0.25, 0.3) is 0 Å². The summed E-state index contributed by atoms with van der Waals surface area (Å²) in [5.74, 6) is -0.0794. The van der Waals surface area contributed by atoms with Gasteiger partial charge < -0.3 is 14.0 Å². The molecule has 29 heavy (non-hydrogen) atoms. The molecule has 0 spiro atoms. The second-order valence-electron chi connectivity index (χ2n) is 6.83. The van der Waals surface area contributed by atoms with Crippen molar-refractivity contribution < 1.29 is 27.2 Å². The Hall–Kier alpha value is -2.10. The van der Waals surface area contributed by atoms with Crippen molar-refractivity contribution in [2.75, 3.05) is 26.3 Å². The monoisotopic (exact) mass is 442 g/mol. The van der Waals surface area contributed by atoms with Gasteiger partial charge in [-0.15, -0.1) is 0 Å². The van der Waals surface area contributed by atoms with Gasteiger partial charge in [-0.25, -0.2) is 8.42 Å². The topological polar surface area (TPSA) is 98.9 Å². The zero-order chi connectivity index (χ0) is 21.0. The number of aryl methyl sites for hydroxylation is 2. The zero-order valence-corrected chi connectivity index (χ0v) is 17.8. The fourth-order valence-corrected chi connectivity index (χ4v) is 5.22. The standard InChI is InChI=1S/C19H23ClN2O6S/c1-13-18(14(2)28-21-13)29(24,25)22-9-3-4-15(12-22)19(23)27-11-10-26-17-7-5-16(20)6-8-17/h5-8,15H,3-4,9-12H2,1-2H3. The predicted molar refractivity (Wildman–Crippen MR) is 105 cm³/mol. The van der Waals surface area contributed by atoms with Crippen LogP contribution >= 0.6 is 11.6 Å². The minimum atomic E-state index is -3.78. The van der Waals surface area contributed by atoms with Crippen molar-refractivity contribution in [2.45, 2.75) is 31.6 Å². The van der Waals surface area contributed by atoms with Crippen LogP contribution in [0.4, 0.5) is 0 Å². The first-order valence-electron chi connectivity index (χ1n) is 9.27. The number of aromatic nitrogens is 1. The normalized spacial score (nSPS) is 17.8. The summed E-state index contributed by atoms with van der Waals surface area (Å²) in [4.78, 5) is 12.5. The van der Waals surface area contributed by atoms with Crippen LogP contribution in [-0.4, -0.2) is 50.2 Å². The molecule has 0 aliphatic carbocycles. The second kappa shape index (κ2) is 9.15. The Kier molecular flexibility index (Phi) is 6.81. The Morgan fingerprint density at radius 1 is 1.28 bits per heavy atom. The van der Waals surface area contributed by atoms with E-state index >= 15 is 0 Å². The minimum absolute atomic E-state index is 0.0721. The van der Waals surface area contributed by atoms with E-state index in [0.717, 1.165) is 0 Å². The molecule has 158 valence electrons. The van der Waals surface area contributed by atoms with Crippen molar-refractivity contribution in [3.63, 3.8) is 0 Å². The quantitative estimate of drug-likeness (QED) is 0.480. The largest absolute Gasteiger partial charge is 0.490 e. The molecule has 1 aliphatic rings. The highest BCUT2D eigenvalue weighted by Crippen LogP contribution is 2.28. The highest BCUT2D eigenvalue weighted by atomic mass is 35.5. The number of hydrogen-bond donors (Lipinski definition) is 0. The summed E-state index contributed by atoms with van der Waals surface area (Å²) in [6, 6.07) is 6.86. The van der Waals surface area contributed by atoms with Gasteiger partial charge in [-0.1, -0.05) is 16.8 Å². The lowest BCUT2D eigenvalue weighted by atomic mass is 10.0. The number of piperidine rings is 1. The molecule has 2 heterocycles. The number of benzene rings is 1. The van der Waals surface area contributed by atoms with Crippen molar-refractivity contribution in [3.8, 4) is 5.75 Å². The molecule has 0 radical (unpaired) electrons. The van der Waals surface area contributed by atoms with E-state index < -0.39 is 21.9 Å². The van der Waals surface area contributed by atoms with Crippen LogP contribution in [-0.2, 0) is 19.6 Å². The summed E-state index contributed by atoms with van der Waals surface area (Å²) in [6.45, 7) is 3.83. The Morgan fingerprint density at radius 3 is 2.66 bits per heavy atom. The molecule has 0 amide bonds. The van der Waals surface area contributed by atoms with Gasteiger partial charge in [-0.3, -0.25) is 4.79 Å². The lowest BCUT2D eigenvalue weighted by Gasteiger charge is -2.30. The lowest BCUT2D eigenvalue weighted by molar-refractivity contribution is -0.150. The van der Waals surface area contributed by atoms with Gasteiger partial charge in [0.15, 0.2) is 5.76 Å². The number of carbonyl (C=O) groups excluding carboxylic acids is 1. The molecule has 1 aliphatic heterocycles. The van der Waals surface area contributed by atoms with E-state index in [1.807, 2.05) is 0 Å². The van der Waals surface area contributed by atoms with Crippen LogP contribution in [0.15, 0.2) is 33.7 Å². The van der Waals surface area contributed by atoms with Crippen molar-refractivity contribution in [1.82, 2.24) is 9.46 Å². The maximum Gasteiger partial charge on any atom is 0.310 e. The maximum atomic E-state index is 12.9. The third-order valence-electron chi connectivity index (χ3n) is 4.69. The molecule has 2 aromatic rings. The van der Waals surface area contributed by atoms with Crippen molar-refractivity contribution in [3.05, 3.63) is 40.7 Å². The van der Waals surface area contributed by atoms with Crippen molar-refractivity contribution in [2.24, 2.45) is 5.92 Å². The Balaban J connectivity index is 1.53. The molecule has 0 bridgehead atoms. The average molecular weight is 443 g/mol. The summed E-state index contributed by atoms with van der Waals surface area (Å²) < 4.78 is 43.0. The molecule has 1 fully saturated rings. The SMILES string of the molecule is Cc1noc(C)c1S(=O)(=O)N1CCCC(C(=O)OCCOc2ccc(Cl)cc2)C1. The first-order valence-corrected chi connectivity index (χ1v) is 11.1. The number of rotatable bonds is 7. The molecule has 8 nitrogen and oxygen atoms in total. The van der Waals surface area contributed by atoms with Crippen LogP contribution in [0.3, 0.4) is 0 Å². The first kappa shape index (κ1) is 21.6. The molecule has 3 rings (SSSR count). The molecule has 1 saturated heterocycles. The average Bonchev–Trinajstić information content (AvgIpc) is 3.05. The fraction of sp³-hybridized carbons (Fsp3) is 0.474. The Bertz CT molecular complexity index is 938. The number of halogens is 1. The van der Waals surface area contributed by atoms with Crippen LogP contribution < -0.4 is 4.74 Å². The maximum absolute atomic E-state index is 12.9. The number of sulfonamides is 1. The Labute approximate surface area is 174 Å². The van der Waals surface area contributed by atoms with E-state index in [-0.39, 0.29) is 30.4 Å². The van der Waals surface area contributed by atoms with Gasteiger partial charge in [0.05, 0.1) is 5.92 Å².